The number of hydrogen-bond donors (Lipinski definition) is 1. The van der Waals surface area contributed by atoms with Gasteiger partial charge in [-0.05, 0) is 48.9 Å². The van der Waals surface area contributed by atoms with Gasteiger partial charge in [-0.25, -0.2) is 0 Å². The van der Waals surface area contributed by atoms with Crippen LogP contribution in [0.25, 0.3) is 0 Å². The lowest BCUT2D eigenvalue weighted by atomic mass is 9.87. The van der Waals surface area contributed by atoms with E-state index in [-0.39, 0.29) is 0 Å². The normalized spacial score (nSPS) is 14.8. The molecule has 0 heterocycles. The summed E-state index contributed by atoms with van der Waals surface area (Å²) in [5, 5.41) is 4.49. The Kier molecular flexibility index (Phi) is 6.73. The summed E-state index contributed by atoms with van der Waals surface area (Å²) in [4.78, 5) is 0. The maximum atomic E-state index is 5.92. The third kappa shape index (κ3) is 4.99. The van der Waals surface area contributed by atoms with Crippen LogP contribution in [0.3, 0.4) is 0 Å². The number of halogens is 1. The quantitative estimate of drug-likeness (QED) is 0.765. The molecule has 1 rings (SSSR count). The molecule has 0 amide bonds. The second-order valence-corrected chi connectivity index (χ2v) is 5.97. The van der Waals surface area contributed by atoms with Crippen LogP contribution in [-0.4, -0.2) is 12.6 Å². The Labute approximate surface area is 117 Å². The summed E-state index contributed by atoms with van der Waals surface area (Å²) in [6, 6.07) is 8.81. The van der Waals surface area contributed by atoms with Crippen molar-refractivity contribution < 1.29 is 0 Å². The number of nitrogens with one attached hydrogen (secondary N) is 1. The molecule has 0 saturated carbocycles. The summed E-state index contributed by atoms with van der Waals surface area (Å²) in [7, 11) is 0. The third-order valence-corrected chi connectivity index (χ3v) is 3.68. The van der Waals surface area contributed by atoms with E-state index in [2.05, 4.69) is 45.1 Å². The predicted molar refractivity (Wildman–Crippen MR) is 81.2 cm³/mol. The largest absolute Gasteiger partial charge is 0.313 e. The smallest absolute Gasteiger partial charge is 0.0406 e. The first-order chi connectivity index (χ1) is 8.54. The minimum absolute atomic E-state index is 0.584. The summed E-state index contributed by atoms with van der Waals surface area (Å²) in [6.45, 7) is 10.3. The lowest BCUT2D eigenvalue weighted by Gasteiger charge is -2.29. The number of hydrogen-bond acceptors (Lipinski definition) is 1. The summed E-state index contributed by atoms with van der Waals surface area (Å²) in [6.07, 6.45) is 2.30. The highest BCUT2D eigenvalue weighted by molar-refractivity contribution is 6.30. The topological polar surface area (TPSA) is 12.0 Å². The van der Waals surface area contributed by atoms with Crippen molar-refractivity contribution >= 4 is 11.6 Å². The van der Waals surface area contributed by atoms with Crippen LogP contribution in [0.5, 0.6) is 0 Å². The minimum atomic E-state index is 0.584. The van der Waals surface area contributed by atoms with E-state index >= 15 is 0 Å². The molecule has 1 N–H and O–H groups in total. The van der Waals surface area contributed by atoms with Gasteiger partial charge in [-0.1, -0.05) is 51.4 Å². The van der Waals surface area contributed by atoms with Gasteiger partial charge in [0.15, 0.2) is 0 Å². The maximum absolute atomic E-state index is 5.92. The van der Waals surface area contributed by atoms with Gasteiger partial charge in [-0.15, -0.1) is 0 Å². The second-order valence-electron chi connectivity index (χ2n) is 5.53. The molecule has 0 spiro atoms. The van der Waals surface area contributed by atoms with Gasteiger partial charge in [0.05, 0.1) is 0 Å². The fourth-order valence-electron chi connectivity index (χ4n) is 2.52. The van der Waals surface area contributed by atoms with Gasteiger partial charge < -0.3 is 5.32 Å². The Morgan fingerprint density at radius 2 is 1.72 bits per heavy atom. The Morgan fingerprint density at radius 3 is 2.22 bits per heavy atom. The fourth-order valence-corrected chi connectivity index (χ4v) is 2.65. The average Bonchev–Trinajstić information content (AvgIpc) is 2.32. The van der Waals surface area contributed by atoms with E-state index in [1.807, 2.05) is 12.1 Å². The summed E-state index contributed by atoms with van der Waals surface area (Å²) in [5.74, 6) is 1.30. The summed E-state index contributed by atoms with van der Waals surface area (Å²) >= 11 is 5.92. The molecule has 18 heavy (non-hydrogen) atoms. The first kappa shape index (κ1) is 15.5. The SMILES string of the molecule is CCCNC(C(C)C)C(C)Cc1ccc(Cl)cc1. The standard InChI is InChI=1S/C16H26ClN/c1-5-10-18-16(12(2)3)13(4)11-14-6-8-15(17)9-7-14/h6-9,12-13,16,18H,5,10-11H2,1-4H3. The van der Waals surface area contributed by atoms with Crippen LogP contribution in [0.4, 0.5) is 0 Å². The molecule has 0 radical (unpaired) electrons. The van der Waals surface area contributed by atoms with Crippen LogP contribution in [-0.2, 0) is 6.42 Å². The molecule has 0 aliphatic rings. The first-order valence-corrected chi connectivity index (χ1v) is 7.40. The maximum Gasteiger partial charge on any atom is 0.0406 e. The van der Waals surface area contributed by atoms with Crippen molar-refractivity contribution in [1.82, 2.24) is 5.32 Å². The third-order valence-electron chi connectivity index (χ3n) is 3.43. The highest BCUT2D eigenvalue weighted by Gasteiger charge is 2.20. The zero-order chi connectivity index (χ0) is 13.5. The number of benzene rings is 1. The molecule has 0 aromatic heterocycles. The molecular weight excluding hydrogens is 242 g/mol. The number of rotatable bonds is 7. The van der Waals surface area contributed by atoms with Crippen molar-refractivity contribution in [3.05, 3.63) is 34.9 Å². The molecule has 1 nitrogen and oxygen atoms in total. The van der Waals surface area contributed by atoms with E-state index in [1.54, 1.807) is 0 Å². The Morgan fingerprint density at radius 1 is 1.11 bits per heavy atom. The Hall–Kier alpha value is -0.530. The first-order valence-electron chi connectivity index (χ1n) is 7.02. The van der Waals surface area contributed by atoms with Crippen LogP contribution in [0.1, 0.15) is 39.7 Å². The van der Waals surface area contributed by atoms with Crippen molar-refractivity contribution in [2.75, 3.05) is 6.54 Å². The molecule has 0 saturated heterocycles. The van der Waals surface area contributed by atoms with Gasteiger partial charge in [0.25, 0.3) is 0 Å². The molecule has 0 bridgehead atoms. The van der Waals surface area contributed by atoms with E-state index in [4.69, 9.17) is 11.6 Å². The van der Waals surface area contributed by atoms with Gasteiger partial charge in [0.2, 0.25) is 0 Å². The van der Waals surface area contributed by atoms with Crippen molar-refractivity contribution in [3.8, 4) is 0 Å². The van der Waals surface area contributed by atoms with Crippen molar-refractivity contribution in [2.24, 2.45) is 11.8 Å². The average molecular weight is 268 g/mol. The van der Waals surface area contributed by atoms with E-state index in [1.165, 1.54) is 12.0 Å². The Bertz CT molecular complexity index is 331. The van der Waals surface area contributed by atoms with Crippen LogP contribution in [0, 0.1) is 11.8 Å². The van der Waals surface area contributed by atoms with Gasteiger partial charge in [-0.2, -0.15) is 0 Å². The molecule has 102 valence electrons. The second kappa shape index (κ2) is 7.81. The van der Waals surface area contributed by atoms with E-state index in [0.29, 0.717) is 17.9 Å². The fraction of sp³-hybridized carbons (Fsp3) is 0.625. The summed E-state index contributed by atoms with van der Waals surface area (Å²) in [5.41, 5.74) is 1.37. The zero-order valence-corrected chi connectivity index (χ0v) is 12.8. The lowest BCUT2D eigenvalue weighted by molar-refractivity contribution is 0.297. The van der Waals surface area contributed by atoms with E-state index < -0.39 is 0 Å². The molecule has 2 unspecified atom stereocenters. The molecule has 0 aliphatic heterocycles. The van der Waals surface area contributed by atoms with Crippen molar-refractivity contribution in [1.29, 1.82) is 0 Å². The zero-order valence-electron chi connectivity index (χ0n) is 12.0. The molecule has 2 heteroatoms. The highest BCUT2D eigenvalue weighted by Crippen LogP contribution is 2.19. The highest BCUT2D eigenvalue weighted by atomic mass is 35.5. The van der Waals surface area contributed by atoms with Crippen molar-refractivity contribution in [2.45, 2.75) is 46.6 Å². The van der Waals surface area contributed by atoms with E-state index in [0.717, 1.165) is 18.0 Å². The minimum Gasteiger partial charge on any atom is -0.313 e. The molecular formula is C16H26ClN. The van der Waals surface area contributed by atoms with Gasteiger partial charge in [0.1, 0.15) is 0 Å². The molecule has 0 aliphatic carbocycles. The molecule has 1 aromatic carbocycles. The van der Waals surface area contributed by atoms with Crippen LogP contribution in [0.15, 0.2) is 24.3 Å². The molecule has 0 fully saturated rings. The van der Waals surface area contributed by atoms with Crippen LogP contribution >= 0.6 is 11.6 Å². The van der Waals surface area contributed by atoms with Gasteiger partial charge in [0, 0.05) is 11.1 Å². The molecule has 2 atom stereocenters. The van der Waals surface area contributed by atoms with Crippen molar-refractivity contribution in [3.63, 3.8) is 0 Å². The monoisotopic (exact) mass is 267 g/mol. The van der Waals surface area contributed by atoms with Crippen LogP contribution < -0.4 is 5.32 Å². The van der Waals surface area contributed by atoms with Gasteiger partial charge in [-0.3, -0.25) is 0 Å². The van der Waals surface area contributed by atoms with Crippen LogP contribution in [0.2, 0.25) is 5.02 Å². The summed E-state index contributed by atoms with van der Waals surface area (Å²) < 4.78 is 0. The Balaban J connectivity index is 2.60. The lowest BCUT2D eigenvalue weighted by Crippen LogP contribution is -2.40. The molecule has 1 aromatic rings. The predicted octanol–water partition coefficient (Wildman–Crippen LogP) is 4.54. The van der Waals surface area contributed by atoms with Gasteiger partial charge >= 0.3 is 0 Å². The van der Waals surface area contributed by atoms with E-state index in [9.17, 15) is 0 Å².